The van der Waals surface area contributed by atoms with Gasteiger partial charge in [-0.2, -0.15) is 0 Å². The van der Waals surface area contributed by atoms with Crippen LogP contribution in [-0.4, -0.2) is 31.1 Å². The zero-order valence-electron chi connectivity index (χ0n) is 17.1. The van der Waals surface area contributed by atoms with Crippen molar-refractivity contribution in [2.24, 2.45) is 0 Å². The maximum Gasteiger partial charge on any atom is 0.325 e. The maximum absolute atomic E-state index is 13.7. The van der Waals surface area contributed by atoms with Crippen LogP contribution in [0.15, 0.2) is 72.8 Å². The Morgan fingerprint density at radius 1 is 0.806 bits per heavy atom. The number of hydrogen-bond acceptors (Lipinski definition) is 4. The summed E-state index contributed by atoms with van der Waals surface area (Å²) >= 11 is 0. The van der Waals surface area contributed by atoms with E-state index >= 15 is 0 Å². The van der Waals surface area contributed by atoms with Crippen LogP contribution in [-0.2, 0) is 16.9 Å². The molecule has 0 bridgehead atoms. The van der Waals surface area contributed by atoms with Crippen molar-refractivity contribution in [1.29, 1.82) is 0 Å². The van der Waals surface area contributed by atoms with Gasteiger partial charge in [-0.3, -0.25) is 9.69 Å². The molecular weight excluding hydrogens is 399 g/mol. The highest BCUT2D eigenvalue weighted by atomic mass is 19.1. The Bertz CT molecular complexity index is 1050. The monoisotopic (exact) mass is 420 g/mol. The van der Waals surface area contributed by atoms with Gasteiger partial charge in [0.1, 0.15) is 17.3 Å². The highest BCUT2D eigenvalue weighted by molar-refractivity contribution is 6.09. The Labute approximate surface area is 179 Å². The first-order valence-electron chi connectivity index (χ1n) is 9.65. The van der Waals surface area contributed by atoms with Crippen molar-refractivity contribution >= 4 is 11.9 Å². The third-order valence-electron chi connectivity index (χ3n) is 5.41. The van der Waals surface area contributed by atoms with Gasteiger partial charge >= 0.3 is 6.03 Å². The van der Waals surface area contributed by atoms with Crippen molar-refractivity contribution < 1.29 is 23.5 Å². The average molecular weight is 420 g/mol. The quantitative estimate of drug-likeness (QED) is 0.616. The molecule has 1 aliphatic rings. The first-order chi connectivity index (χ1) is 15.0. The van der Waals surface area contributed by atoms with E-state index in [2.05, 4.69) is 5.32 Å². The number of hydrogen-bond donors (Lipinski definition) is 1. The molecule has 7 heteroatoms. The van der Waals surface area contributed by atoms with Crippen LogP contribution in [0, 0.1) is 5.82 Å². The molecule has 3 aromatic rings. The van der Waals surface area contributed by atoms with Crippen molar-refractivity contribution in [2.45, 2.75) is 12.1 Å². The Kier molecular flexibility index (Phi) is 5.33. The first-order valence-corrected chi connectivity index (χ1v) is 9.65. The fourth-order valence-corrected chi connectivity index (χ4v) is 3.73. The second-order valence-corrected chi connectivity index (χ2v) is 7.15. The van der Waals surface area contributed by atoms with E-state index in [0.717, 1.165) is 4.90 Å². The Morgan fingerprint density at radius 3 is 1.74 bits per heavy atom. The van der Waals surface area contributed by atoms with Gasteiger partial charge in [-0.25, -0.2) is 9.18 Å². The van der Waals surface area contributed by atoms with Gasteiger partial charge in [0.15, 0.2) is 5.54 Å². The molecule has 3 amide bonds. The molecule has 0 atom stereocenters. The molecule has 0 saturated carbocycles. The van der Waals surface area contributed by atoms with Gasteiger partial charge in [-0.15, -0.1) is 0 Å². The number of carbonyl (C=O) groups is 2. The predicted octanol–water partition coefficient (Wildman–Crippen LogP) is 3.84. The van der Waals surface area contributed by atoms with Crippen LogP contribution < -0.4 is 14.8 Å². The Balaban J connectivity index is 1.78. The van der Waals surface area contributed by atoms with Crippen LogP contribution in [0.1, 0.15) is 16.7 Å². The Hall–Kier alpha value is -3.87. The standard InChI is InChI=1S/C24H21FN2O4/c1-30-20-11-5-17(6-12-20)24(18-7-13-21(31-2)14-8-18)22(28)27(23(29)26-24)15-16-3-9-19(25)10-4-16/h3-14H,15H2,1-2H3,(H,26,29). The van der Waals surface area contributed by atoms with Gasteiger partial charge in [-0.1, -0.05) is 36.4 Å². The molecule has 0 aliphatic carbocycles. The molecule has 0 aromatic heterocycles. The molecule has 1 saturated heterocycles. The number of amides is 3. The van der Waals surface area contributed by atoms with E-state index in [4.69, 9.17) is 9.47 Å². The van der Waals surface area contributed by atoms with Crippen LogP contribution in [0.2, 0.25) is 0 Å². The summed E-state index contributed by atoms with van der Waals surface area (Å²) < 4.78 is 23.7. The molecule has 1 aliphatic heterocycles. The minimum absolute atomic E-state index is 0.0268. The summed E-state index contributed by atoms with van der Waals surface area (Å²) in [6, 6.07) is 19.1. The normalized spacial score (nSPS) is 15.0. The number of methoxy groups -OCH3 is 2. The summed E-state index contributed by atoms with van der Waals surface area (Å²) in [4.78, 5) is 27.8. The molecule has 0 radical (unpaired) electrons. The maximum atomic E-state index is 13.7. The number of benzene rings is 3. The number of nitrogens with zero attached hydrogens (tertiary/aromatic N) is 1. The first kappa shape index (κ1) is 20.4. The van der Waals surface area contributed by atoms with Crippen LogP contribution in [0.25, 0.3) is 0 Å². The molecule has 158 valence electrons. The van der Waals surface area contributed by atoms with Crippen molar-refractivity contribution in [2.75, 3.05) is 14.2 Å². The predicted molar refractivity (Wildman–Crippen MR) is 112 cm³/mol. The van der Waals surface area contributed by atoms with Crippen LogP contribution in [0.3, 0.4) is 0 Å². The molecule has 3 aromatic carbocycles. The average Bonchev–Trinajstić information content (AvgIpc) is 3.06. The van der Waals surface area contributed by atoms with E-state index in [1.165, 1.54) is 12.1 Å². The van der Waals surface area contributed by atoms with E-state index in [-0.39, 0.29) is 12.4 Å². The summed E-state index contributed by atoms with van der Waals surface area (Å²) in [5, 5.41) is 2.89. The lowest BCUT2D eigenvalue weighted by atomic mass is 9.82. The van der Waals surface area contributed by atoms with Gasteiger partial charge in [0.2, 0.25) is 0 Å². The van der Waals surface area contributed by atoms with Gasteiger partial charge in [0, 0.05) is 0 Å². The fraction of sp³-hybridized carbons (Fsp3) is 0.167. The van der Waals surface area contributed by atoms with E-state index in [9.17, 15) is 14.0 Å². The molecule has 31 heavy (non-hydrogen) atoms. The SMILES string of the molecule is COc1ccc(C2(c3ccc(OC)cc3)NC(=O)N(Cc3ccc(F)cc3)C2=O)cc1. The molecular formula is C24H21FN2O4. The smallest absolute Gasteiger partial charge is 0.325 e. The minimum atomic E-state index is -1.41. The summed E-state index contributed by atoms with van der Waals surface area (Å²) in [5.74, 6) is 0.464. The molecule has 4 rings (SSSR count). The van der Waals surface area contributed by atoms with Crippen LogP contribution >= 0.6 is 0 Å². The van der Waals surface area contributed by atoms with Gasteiger partial charge in [-0.05, 0) is 53.1 Å². The number of nitrogens with one attached hydrogen (secondary N) is 1. The summed E-state index contributed by atoms with van der Waals surface area (Å²) in [6.45, 7) is 0.0268. The van der Waals surface area contributed by atoms with Crippen LogP contribution in [0.5, 0.6) is 11.5 Å². The lowest BCUT2D eigenvalue weighted by molar-refractivity contribution is -0.130. The van der Waals surface area contributed by atoms with Crippen molar-refractivity contribution in [3.63, 3.8) is 0 Å². The molecule has 1 fully saturated rings. The van der Waals surface area contributed by atoms with E-state index in [1.807, 2.05) is 0 Å². The topological polar surface area (TPSA) is 67.9 Å². The lowest BCUT2D eigenvalue weighted by Crippen LogP contribution is -2.45. The second-order valence-electron chi connectivity index (χ2n) is 7.15. The van der Waals surface area contributed by atoms with Crippen molar-refractivity contribution in [1.82, 2.24) is 10.2 Å². The second kappa shape index (κ2) is 8.10. The number of carbonyl (C=O) groups excluding carboxylic acids is 2. The minimum Gasteiger partial charge on any atom is -0.497 e. The highest BCUT2D eigenvalue weighted by Gasteiger charge is 2.53. The summed E-state index contributed by atoms with van der Waals surface area (Å²) in [7, 11) is 3.11. The van der Waals surface area contributed by atoms with Gasteiger partial charge in [0.25, 0.3) is 5.91 Å². The van der Waals surface area contributed by atoms with Gasteiger partial charge in [0.05, 0.1) is 20.8 Å². The molecule has 1 heterocycles. The molecule has 1 N–H and O–H groups in total. The number of rotatable bonds is 6. The molecule has 0 spiro atoms. The number of ether oxygens (including phenoxy) is 2. The zero-order valence-corrected chi connectivity index (χ0v) is 17.1. The van der Waals surface area contributed by atoms with Gasteiger partial charge < -0.3 is 14.8 Å². The summed E-state index contributed by atoms with van der Waals surface area (Å²) in [5.41, 5.74) is 0.428. The van der Waals surface area contributed by atoms with Crippen molar-refractivity contribution in [3.05, 3.63) is 95.3 Å². The third-order valence-corrected chi connectivity index (χ3v) is 5.41. The summed E-state index contributed by atoms with van der Waals surface area (Å²) in [6.07, 6.45) is 0. The Morgan fingerprint density at radius 2 is 1.29 bits per heavy atom. The number of urea groups is 1. The van der Waals surface area contributed by atoms with E-state index < -0.39 is 17.5 Å². The lowest BCUT2D eigenvalue weighted by Gasteiger charge is -2.28. The van der Waals surface area contributed by atoms with E-state index in [0.29, 0.717) is 28.2 Å². The number of imide groups is 1. The highest BCUT2D eigenvalue weighted by Crippen LogP contribution is 2.38. The zero-order chi connectivity index (χ0) is 22.0. The van der Waals surface area contributed by atoms with Crippen LogP contribution in [0.4, 0.5) is 9.18 Å². The molecule has 6 nitrogen and oxygen atoms in total. The molecule has 0 unspecified atom stereocenters. The van der Waals surface area contributed by atoms with E-state index in [1.54, 1.807) is 74.9 Å². The number of halogens is 1. The third kappa shape index (κ3) is 3.59. The van der Waals surface area contributed by atoms with Crippen molar-refractivity contribution in [3.8, 4) is 11.5 Å². The fourth-order valence-electron chi connectivity index (χ4n) is 3.73. The largest absolute Gasteiger partial charge is 0.497 e.